The Hall–Kier alpha value is -1.77. The first-order valence-electron chi connectivity index (χ1n) is 7.68. The van der Waals surface area contributed by atoms with Gasteiger partial charge in [-0.05, 0) is 24.3 Å². The molecule has 0 saturated carbocycles. The third-order valence-corrected chi connectivity index (χ3v) is 4.54. The van der Waals surface area contributed by atoms with Gasteiger partial charge in [-0.1, -0.05) is 34.0 Å². The van der Waals surface area contributed by atoms with Gasteiger partial charge in [0.15, 0.2) is 0 Å². The maximum absolute atomic E-state index is 11.9. The summed E-state index contributed by atoms with van der Waals surface area (Å²) in [6.45, 7) is 3.83. The maximum Gasteiger partial charge on any atom is 0.255 e. The molecule has 3 N–H and O–H groups in total. The second kappa shape index (κ2) is 10.3. The highest BCUT2D eigenvalue weighted by Gasteiger charge is 2.14. The molecule has 1 aliphatic heterocycles. The van der Waals surface area contributed by atoms with Gasteiger partial charge < -0.3 is 15.4 Å². The third-order valence-electron chi connectivity index (χ3n) is 3.29. The third kappa shape index (κ3) is 6.56. The van der Waals surface area contributed by atoms with E-state index >= 15 is 0 Å². The fraction of sp³-hybridized carbons (Fsp3) is 0.235. The minimum absolute atomic E-state index is 0.0996. The molecule has 1 fully saturated rings. The number of ether oxygens (including phenoxy) is 1. The fourth-order valence-corrected chi connectivity index (χ4v) is 2.89. The van der Waals surface area contributed by atoms with Crippen molar-refractivity contribution in [3.63, 3.8) is 0 Å². The Labute approximate surface area is 153 Å². The molecule has 1 atom stereocenters. The second-order valence-corrected chi connectivity index (χ2v) is 6.56. The molecule has 0 spiro atoms. The summed E-state index contributed by atoms with van der Waals surface area (Å²) in [5.41, 5.74) is 0.929. The quantitative estimate of drug-likeness (QED) is 0.560. The van der Waals surface area contributed by atoms with Crippen molar-refractivity contribution >= 4 is 34.3 Å². The molecule has 1 amide bonds. The first kappa shape index (κ1) is 19.6. The van der Waals surface area contributed by atoms with E-state index in [1.165, 1.54) is 12.1 Å². The van der Waals surface area contributed by atoms with Crippen LogP contribution in [0.5, 0.6) is 0 Å². The van der Waals surface area contributed by atoms with Crippen LogP contribution in [0.1, 0.15) is 10.4 Å². The van der Waals surface area contributed by atoms with Gasteiger partial charge in [-0.25, -0.2) is 0 Å². The van der Waals surface area contributed by atoms with Crippen molar-refractivity contribution < 1.29 is 18.3 Å². The average Bonchev–Trinajstić information content (AvgIpc) is 2.65. The molecule has 1 unspecified atom stereocenters. The summed E-state index contributed by atoms with van der Waals surface area (Å²) in [7, 11) is 0. The Kier molecular flexibility index (Phi) is 8.03. The van der Waals surface area contributed by atoms with Crippen LogP contribution in [0, 0.1) is 0 Å². The number of amides is 1. The zero-order chi connectivity index (χ0) is 18.1. The van der Waals surface area contributed by atoms with Crippen LogP contribution >= 0.6 is 11.6 Å². The van der Waals surface area contributed by atoms with E-state index < -0.39 is 11.1 Å². The minimum Gasteiger partial charge on any atom is -0.379 e. The van der Waals surface area contributed by atoms with Crippen LogP contribution in [0.4, 0.5) is 5.69 Å². The Balaban J connectivity index is 0.000000316. The van der Waals surface area contributed by atoms with Gasteiger partial charge in [0.25, 0.3) is 5.91 Å². The average molecular weight is 384 g/mol. The molecule has 2 aromatic carbocycles. The molecule has 134 valence electrons. The van der Waals surface area contributed by atoms with Gasteiger partial charge in [-0.3, -0.25) is 4.79 Å². The van der Waals surface area contributed by atoms with E-state index in [0.717, 1.165) is 26.3 Å². The van der Waals surface area contributed by atoms with Gasteiger partial charge in [0, 0.05) is 30.4 Å². The van der Waals surface area contributed by atoms with Gasteiger partial charge in [-0.15, -0.1) is 0 Å². The number of hydrogen-bond donors (Lipinski definition) is 3. The number of hydrogen-bond acceptors (Lipinski definition) is 4. The molecule has 1 saturated heterocycles. The molecule has 6 nitrogen and oxygen atoms in total. The predicted molar refractivity (Wildman–Crippen MR) is 99.9 cm³/mol. The van der Waals surface area contributed by atoms with E-state index in [2.05, 4.69) is 10.6 Å². The van der Waals surface area contributed by atoms with E-state index in [0.29, 0.717) is 11.3 Å². The molecule has 0 radical (unpaired) electrons. The minimum atomic E-state index is -2.55. The molecule has 3 rings (SSSR count). The van der Waals surface area contributed by atoms with E-state index in [-0.39, 0.29) is 15.8 Å². The summed E-state index contributed by atoms with van der Waals surface area (Å²) < 4.78 is 25.2. The van der Waals surface area contributed by atoms with Crippen molar-refractivity contribution in [3.05, 3.63) is 59.1 Å². The summed E-state index contributed by atoms with van der Waals surface area (Å²) in [5.74, 6) is -0.290. The highest BCUT2D eigenvalue weighted by atomic mass is 35.5. The van der Waals surface area contributed by atoms with Crippen LogP contribution < -0.4 is 10.6 Å². The Morgan fingerprint density at radius 2 is 1.84 bits per heavy atom. The van der Waals surface area contributed by atoms with Crippen molar-refractivity contribution in [2.24, 2.45) is 0 Å². The lowest BCUT2D eigenvalue weighted by molar-refractivity contribution is 0.102. The molecule has 1 aliphatic rings. The summed E-state index contributed by atoms with van der Waals surface area (Å²) >= 11 is 3.24. The lowest BCUT2D eigenvalue weighted by atomic mass is 10.2. The zero-order valence-electron chi connectivity index (χ0n) is 13.4. The normalized spacial score (nSPS) is 14.8. The largest absolute Gasteiger partial charge is 0.379 e. The van der Waals surface area contributed by atoms with E-state index in [9.17, 15) is 9.00 Å². The van der Waals surface area contributed by atoms with E-state index in [1.54, 1.807) is 30.3 Å². The van der Waals surface area contributed by atoms with Crippen molar-refractivity contribution in [2.75, 3.05) is 31.6 Å². The number of benzene rings is 2. The van der Waals surface area contributed by atoms with Crippen LogP contribution in [0.15, 0.2) is 53.4 Å². The van der Waals surface area contributed by atoms with Gasteiger partial charge in [-0.2, -0.15) is 4.55 Å². The highest BCUT2D eigenvalue weighted by Crippen LogP contribution is 2.23. The lowest BCUT2D eigenvalue weighted by Crippen LogP contribution is -2.30. The van der Waals surface area contributed by atoms with Gasteiger partial charge in [0.2, 0.25) is 16.0 Å². The van der Waals surface area contributed by atoms with Gasteiger partial charge in [0.1, 0.15) is 0 Å². The lowest BCUT2D eigenvalue weighted by Gasteiger charge is -2.10. The van der Waals surface area contributed by atoms with Crippen molar-refractivity contribution in [2.45, 2.75) is 4.90 Å². The number of morpholine rings is 1. The number of rotatable bonds is 3. The first-order chi connectivity index (χ1) is 12.1. The van der Waals surface area contributed by atoms with Crippen LogP contribution in [0.2, 0.25) is 5.02 Å². The fourth-order valence-electron chi connectivity index (χ4n) is 2.05. The number of thiol groups is 1. The number of nitrogens with one attached hydrogen (secondary N) is 2. The molecule has 0 bridgehead atoms. The molecule has 0 aromatic heterocycles. The maximum atomic E-state index is 11.9. The molecular weight excluding hydrogens is 364 g/mol. The van der Waals surface area contributed by atoms with E-state index in [1.807, 2.05) is 6.07 Å². The van der Waals surface area contributed by atoms with E-state index in [4.69, 9.17) is 20.9 Å². The Morgan fingerprint density at radius 3 is 2.36 bits per heavy atom. The van der Waals surface area contributed by atoms with Gasteiger partial charge in [0.05, 0.1) is 18.2 Å². The standard InChI is InChI=1S/C13H10ClNO3S.C4H9NO/c14-11-7-6-10(8-12(11)19(17)18)15-13(16)9-4-2-1-3-5-9;1-3-6-4-2-5-1/h1-8H,(H,15,16)(H,17,18);5H,1-4H2/p+1. The smallest absolute Gasteiger partial charge is 0.255 e. The van der Waals surface area contributed by atoms with Crippen molar-refractivity contribution in [3.8, 4) is 0 Å². The van der Waals surface area contributed by atoms with Crippen LogP contribution in [0.25, 0.3) is 0 Å². The molecular formula is C17H20ClN2O4S+. The molecule has 2 aromatic rings. The number of carbonyl (C=O) groups is 1. The summed E-state index contributed by atoms with van der Waals surface area (Å²) in [6, 6.07) is 13.1. The topological polar surface area (TPSA) is 87.7 Å². The number of carbonyl (C=O) groups excluding carboxylic acids is 1. The predicted octanol–water partition coefficient (Wildman–Crippen LogP) is 2.73. The Morgan fingerprint density at radius 1 is 1.16 bits per heavy atom. The molecule has 0 aliphatic carbocycles. The Bertz CT molecular complexity index is 712. The number of anilines is 1. The summed E-state index contributed by atoms with van der Waals surface area (Å²) in [4.78, 5) is 12.0. The van der Waals surface area contributed by atoms with Crippen LogP contribution in [-0.4, -0.2) is 36.8 Å². The summed E-state index contributed by atoms with van der Waals surface area (Å²) in [6.07, 6.45) is 0. The van der Waals surface area contributed by atoms with Crippen LogP contribution in [0.3, 0.4) is 0 Å². The monoisotopic (exact) mass is 383 g/mol. The highest BCUT2D eigenvalue weighted by molar-refractivity contribution is 7.79. The molecule has 1 heterocycles. The summed E-state index contributed by atoms with van der Waals surface area (Å²) in [5, 5.41) is 6.00. The van der Waals surface area contributed by atoms with Crippen molar-refractivity contribution in [1.29, 1.82) is 0 Å². The zero-order valence-corrected chi connectivity index (χ0v) is 15.1. The van der Waals surface area contributed by atoms with Crippen LogP contribution in [-0.2, 0) is 20.0 Å². The second-order valence-electron chi connectivity index (χ2n) is 5.12. The van der Waals surface area contributed by atoms with Crippen molar-refractivity contribution in [1.82, 2.24) is 5.32 Å². The number of halogens is 1. The molecule has 8 heteroatoms. The van der Waals surface area contributed by atoms with Gasteiger partial charge >= 0.3 is 0 Å². The first-order valence-corrected chi connectivity index (χ1v) is 9.27. The molecule has 25 heavy (non-hydrogen) atoms. The SMILES string of the molecule is C1COCCN1.O=C(Nc1ccc(Cl)c([SH+](=O)O)c1)c1ccccc1.